The van der Waals surface area contributed by atoms with Crippen molar-refractivity contribution >= 4 is 35.0 Å². The zero-order valence-corrected chi connectivity index (χ0v) is 11.9. The van der Waals surface area contributed by atoms with E-state index in [0.29, 0.717) is 10.6 Å². The molecule has 0 saturated carbocycles. The monoisotopic (exact) mass is 336 g/mol. The number of halogens is 5. The number of anilines is 2. The van der Waals surface area contributed by atoms with Gasteiger partial charge in [0.05, 0.1) is 15.7 Å². The summed E-state index contributed by atoms with van der Waals surface area (Å²) in [6.45, 7) is -1.23. The quantitative estimate of drug-likeness (QED) is 0.888. The first-order chi connectivity index (χ1) is 9.76. The van der Waals surface area contributed by atoms with Crippen LogP contribution in [-0.4, -0.2) is 22.7 Å². The highest BCUT2D eigenvalue weighted by molar-refractivity contribution is 6.43. The number of hydrogen-bond donors (Lipinski definition) is 2. The van der Waals surface area contributed by atoms with E-state index in [-0.39, 0.29) is 22.5 Å². The number of nitrogen functional groups attached to an aromatic ring is 1. The molecule has 2 aromatic rings. The van der Waals surface area contributed by atoms with Gasteiger partial charge in [-0.2, -0.15) is 18.2 Å². The van der Waals surface area contributed by atoms with Crippen LogP contribution in [0.15, 0.2) is 24.3 Å². The lowest BCUT2D eigenvalue weighted by Gasteiger charge is -2.11. The number of aromatic nitrogens is 2. The van der Waals surface area contributed by atoms with Crippen molar-refractivity contribution in [3.05, 3.63) is 34.3 Å². The molecule has 0 fully saturated rings. The van der Waals surface area contributed by atoms with Crippen LogP contribution in [0.25, 0.3) is 11.3 Å². The summed E-state index contributed by atoms with van der Waals surface area (Å²) in [4.78, 5) is 7.65. The van der Waals surface area contributed by atoms with Crippen LogP contribution in [-0.2, 0) is 0 Å². The van der Waals surface area contributed by atoms with Crippen molar-refractivity contribution in [2.45, 2.75) is 6.18 Å². The molecule has 2 rings (SSSR count). The van der Waals surface area contributed by atoms with Crippen LogP contribution in [0.1, 0.15) is 0 Å². The zero-order chi connectivity index (χ0) is 15.6. The molecule has 0 aliphatic heterocycles. The minimum atomic E-state index is -4.37. The molecular weight excluding hydrogens is 328 g/mol. The lowest BCUT2D eigenvalue weighted by molar-refractivity contribution is -0.115. The first-order valence-electron chi connectivity index (χ1n) is 5.66. The molecule has 112 valence electrons. The molecule has 0 atom stereocenters. The lowest BCUT2D eigenvalue weighted by atomic mass is 10.1. The van der Waals surface area contributed by atoms with E-state index in [2.05, 4.69) is 15.3 Å². The molecule has 0 aliphatic rings. The Morgan fingerprint density at radius 1 is 1.19 bits per heavy atom. The first kappa shape index (κ1) is 15.7. The molecule has 0 unspecified atom stereocenters. The van der Waals surface area contributed by atoms with E-state index in [0.717, 1.165) is 0 Å². The maximum Gasteiger partial charge on any atom is 0.405 e. The summed E-state index contributed by atoms with van der Waals surface area (Å²) in [5.74, 6) is -0.223. The molecule has 0 bridgehead atoms. The Morgan fingerprint density at radius 3 is 2.57 bits per heavy atom. The fourth-order valence-electron chi connectivity index (χ4n) is 1.59. The van der Waals surface area contributed by atoms with Crippen LogP contribution < -0.4 is 11.1 Å². The van der Waals surface area contributed by atoms with Gasteiger partial charge in [-0.1, -0.05) is 35.3 Å². The van der Waals surface area contributed by atoms with Crippen LogP contribution in [0, 0.1) is 0 Å². The topological polar surface area (TPSA) is 63.8 Å². The van der Waals surface area contributed by atoms with Crippen molar-refractivity contribution in [2.75, 3.05) is 17.6 Å². The van der Waals surface area contributed by atoms with Crippen LogP contribution in [0.2, 0.25) is 10.0 Å². The molecule has 4 nitrogen and oxygen atoms in total. The third-order valence-electron chi connectivity index (χ3n) is 2.44. The Kier molecular flexibility index (Phi) is 4.43. The SMILES string of the molecule is Nc1nc(NCC(F)(F)F)cc(-c2cccc(Cl)c2Cl)n1. The highest BCUT2D eigenvalue weighted by Gasteiger charge is 2.27. The van der Waals surface area contributed by atoms with E-state index in [1.807, 2.05) is 0 Å². The largest absolute Gasteiger partial charge is 0.405 e. The third-order valence-corrected chi connectivity index (χ3v) is 3.26. The van der Waals surface area contributed by atoms with Crippen molar-refractivity contribution in [1.82, 2.24) is 9.97 Å². The first-order valence-corrected chi connectivity index (χ1v) is 6.41. The third kappa shape index (κ3) is 4.12. The van der Waals surface area contributed by atoms with Crippen LogP contribution in [0.5, 0.6) is 0 Å². The van der Waals surface area contributed by atoms with Crippen molar-refractivity contribution in [1.29, 1.82) is 0 Å². The Morgan fingerprint density at radius 2 is 1.90 bits per heavy atom. The van der Waals surface area contributed by atoms with Crippen LogP contribution >= 0.6 is 23.2 Å². The Balaban J connectivity index is 2.37. The average Bonchev–Trinajstić information content (AvgIpc) is 2.38. The summed E-state index contributed by atoms with van der Waals surface area (Å²) in [5, 5.41) is 2.67. The van der Waals surface area contributed by atoms with E-state index in [1.165, 1.54) is 6.07 Å². The van der Waals surface area contributed by atoms with Gasteiger partial charge in [0.25, 0.3) is 0 Å². The zero-order valence-electron chi connectivity index (χ0n) is 10.4. The van der Waals surface area contributed by atoms with E-state index < -0.39 is 12.7 Å². The maximum atomic E-state index is 12.2. The van der Waals surface area contributed by atoms with Gasteiger partial charge in [-0.15, -0.1) is 0 Å². The molecule has 3 N–H and O–H groups in total. The second-order valence-electron chi connectivity index (χ2n) is 4.07. The van der Waals surface area contributed by atoms with Gasteiger partial charge in [0.1, 0.15) is 12.4 Å². The second kappa shape index (κ2) is 5.95. The van der Waals surface area contributed by atoms with E-state index >= 15 is 0 Å². The number of nitrogens with zero attached hydrogens (tertiary/aromatic N) is 2. The summed E-state index contributed by atoms with van der Waals surface area (Å²) in [6, 6.07) is 6.18. The van der Waals surface area contributed by atoms with E-state index in [4.69, 9.17) is 28.9 Å². The molecule has 1 heterocycles. The molecule has 0 spiro atoms. The molecule has 21 heavy (non-hydrogen) atoms. The lowest BCUT2D eigenvalue weighted by Crippen LogP contribution is -2.22. The Bertz CT molecular complexity index is 661. The maximum absolute atomic E-state index is 12.2. The highest BCUT2D eigenvalue weighted by atomic mass is 35.5. The second-order valence-corrected chi connectivity index (χ2v) is 4.85. The molecule has 0 amide bonds. The number of nitrogens with two attached hydrogens (primary N) is 1. The fraction of sp³-hybridized carbons (Fsp3) is 0.167. The van der Waals surface area contributed by atoms with Crippen molar-refractivity contribution < 1.29 is 13.2 Å². The summed E-state index contributed by atoms with van der Waals surface area (Å²) >= 11 is 11.9. The van der Waals surface area contributed by atoms with Gasteiger partial charge in [0, 0.05) is 11.6 Å². The van der Waals surface area contributed by atoms with Crippen molar-refractivity contribution in [3.8, 4) is 11.3 Å². The predicted octanol–water partition coefficient (Wildman–Crippen LogP) is 4.01. The van der Waals surface area contributed by atoms with Gasteiger partial charge in [-0.05, 0) is 6.07 Å². The summed E-state index contributed by atoms with van der Waals surface area (Å²) in [5.41, 5.74) is 6.23. The predicted molar refractivity (Wildman–Crippen MR) is 76.4 cm³/mol. The number of rotatable bonds is 3. The fourth-order valence-corrected chi connectivity index (χ4v) is 1.98. The average molecular weight is 337 g/mol. The van der Waals surface area contributed by atoms with Crippen molar-refractivity contribution in [3.63, 3.8) is 0 Å². The molecule has 0 saturated heterocycles. The normalized spacial score (nSPS) is 11.5. The van der Waals surface area contributed by atoms with Gasteiger partial charge in [-0.25, -0.2) is 4.98 Å². The summed E-state index contributed by atoms with van der Waals surface area (Å²) in [6.07, 6.45) is -4.37. The number of alkyl halides is 3. The number of hydrogen-bond acceptors (Lipinski definition) is 4. The van der Waals surface area contributed by atoms with Gasteiger partial charge in [-0.3, -0.25) is 0 Å². The standard InChI is InChI=1S/C12H9Cl2F3N4/c13-7-3-1-2-6(10(7)14)8-4-9(21-11(18)20-8)19-5-12(15,16)17/h1-4H,5H2,(H3,18,19,20,21). The van der Waals surface area contributed by atoms with Crippen LogP contribution in [0.4, 0.5) is 24.9 Å². The summed E-state index contributed by atoms with van der Waals surface area (Å²) < 4.78 is 36.6. The Hall–Kier alpha value is -1.73. The smallest absolute Gasteiger partial charge is 0.368 e. The Labute approximate surface area is 128 Å². The van der Waals surface area contributed by atoms with Crippen LogP contribution in [0.3, 0.4) is 0 Å². The molecule has 0 radical (unpaired) electrons. The molecule has 0 aliphatic carbocycles. The van der Waals surface area contributed by atoms with Gasteiger partial charge in [0.2, 0.25) is 5.95 Å². The number of nitrogens with one attached hydrogen (secondary N) is 1. The van der Waals surface area contributed by atoms with Gasteiger partial charge in [0.15, 0.2) is 0 Å². The summed E-state index contributed by atoms with van der Waals surface area (Å²) in [7, 11) is 0. The molecule has 1 aromatic carbocycles. The minimum Gasteiger partial charge on any atom is -0.368 e. The van der Waals surface area contributed by atoms with Gasteiger partial charge >= 0.3 is 6.18 Å². The van der Waals surface area contributed by atoms with Gasteiger partial charge < -0.3 is 11.1 Å². The number of benzene rings is 1. The van der Waals surface area contributed by atoms with E-state index in [9.17, 15) is 13.2 Å². The van der Waals surface area contributed by atoms with E-state index in [1.54, 1.807) is 18.2 Å². The minimum absolute atomic E-state index is 0.0501. The van der Waals surface area contributed by atoms with Crippen molar-refractivity contribution in [2.24, 2.45) is 0 Å². The highest BCUT2D eigenvalue weighted by Crippen LogP contribution is 2.33. The molecule has 9 heteroatoms. The molecule has 1 aromatic heterocycles. The molecular formula is C12H9Cl2F3N4.